The van der Waals surface area contributed by atoms with Gasteiger partial charge in [-0.1, -0.05) is 31.2 Å². The fraction of sp³-hybridized carbons (Fsp3) is 0.375. The van der Waals surface area contributed by atoms with E-state index >= 15 is 0 Å². The maximum absolute atomic E-state index is 13.5. The average molecular weight is 639 g/mol. The van der Waals surface area contributed by atoms with E-state index in [1.165, 1.54) is 11.4 Å². The zero-order valence-electron chi connectivity index (χ0n) is 25.3. The number of aryl methyl sites for hydroxylation is 1. The van der Waals surface area contributed by atoms with Crippen LogP contribution in [-0.4, -0.2) is 78.0 Å². The van der Waals surface area contributed by atoms with Gasteiger partial charge in [0.15, 0.2) is 0 Å². The molecule has 4 aromatic rings. The highest BCUT2D eigenvalue weighted by Gasteiger charge is 2.33. The largest absolute Gasteiger partial charge is 0.488 e. The molecule has 44 heavy (non-hydrogen) atoms. The Morgan fingerprint density at radius 3 is 2.70 bits per heavy atom. The number of nitrogens with one attached hydrogen (secondary N) is 1. The Hall–Kier alpha value is -3.71. The molecule has 0 radical (unpaired) electrons. The van der Waals surface area contributed by atoms with Gasteiger partial charge in [0.25, 0.3) is 10.0 Å². The fourth-order valence-corrected chi connectivity index (χ4v) is 7.97. The van der Waals surface area contributed by atoms with E-state index in [1.54, 1.807) is 47.5 Å². The average Bonchev–Trinajstić information content (AvgIpc) is 3.65. The molecule has 1 aliphatic heterocycles. The second kappa shape index (κ2) is 13.1. The Kier molecular flexibility index (Phi) is 9.45. The van der Waals surface area contributed by atoms with E-state index in [0.717, 1.165) is 27.8 Å². The maximum Gasteiger partial charge on any atom is 0.252 e. The van der Waals surface area contributed by atoms with Crippen molar-refractivity contribution in [1.82, 2.24) is 13.8 Å². The number of amides is 2. The lowest BCUT2D eigenvalue weighted by molar-refractivity contribution is -0.134. The van der Waals surface area contributed by atoms with Gasteiger partial charge in [-0.3, -0.25) is 9.59 Å². The lowest BCUT2D eigenvalue weighted by Crippen LogP contribution is -2.48. The summed E-state index contributed by atoms with van der Waals surface area (Å²) in [4.78, 5) is 28.3. The van der Waals surface area contributed by atoms with Crippen molar-refractivity contribution in [2.24, 2.45) is 13.0 Å². The Bertz CT molecular complexity index is 1750. The lowest BCUT2D eigenvalue weighted by Gasteiger charge is -2.33. The molecular formula is C32H38N4O6S2. The number of hydrogen-bond acceptors (Lipinski definition) is 7. The minimum absolute atomic E-state index is 0.00448. The zero-order chi connectivity index (χ0) is 31.6. The van der Waals surface area contributed by atoms with Crippen molar-refractivity contribution in [1.29, 1.82) is 0 Å². The number of carbonyl (C=O) groups excluding carboxylic acids is 2. The van der Waals surface area contributed by atoms with Gasteiger partial charge in [0, 0.05) is 54.9 Å². The summed E-state index contributed by atoms with van der Waals surface area (Å²) in [5.74, 6) is -0.204. The van der Waals surface area contributed by atoms with E-state index in [1.807, 2.05) is 49.0 Å². The minimum atomic E-state index is -3.73. The number of para-hydroxylation sites is 1. The summed E-state index contributed by atoms with van der Waals surface area (Å²) in [6.45, 7) is 3.80. The molecule has 0 unspecified atom stereocenters. The highest BCUT2D eigenvalue weighted by atomic mass is 32.2. The summed E-state index contributed by atoms with van der Waals surface area (Å²) in [6.07, 6.45) is 1.53. The molecule has 0 saturated heterocycles. The van der Waals surface area contributed by atoms with Crippen LogP contribution in [0.2, 0.25) is 0 Å². The summed E-state index contributed by atoms with van der Waals surface area (Å²) in [7, 11) is -0.260. The summed E-state index contributed by atoms with van der Waals surface area (Å²) in [5.41, 5.74) is 3.04. The smallest absolute Gasteiger partial charge is 0.252 e. The molecule has 5 rings (SSSR count). The summed E-state index contributed by atoms with van der Waals surface area (Å²) >= 11 is 1.15. The normalized spacial score (nSPS) is 18.3. The van der Waals surface area contributed by atoms with Crippen molar-refractivity contribution >= 4 is 49.8 Å². The third-order valence-corrected chi connectivity index (χ3v) is 11.3. The van der Waals surface area contributed by atoms with E-state index in [-0.39, 0.29) is 54.5 Å². The van der Waals surface area contributed by atoms with Crippen LogP contribution < -0.4 is 10.1 Å². The van der Waals surface area contributed by atoms with Gasteiger partial charge < -0.3 is 24.6 Å². The minimum Gasteiger partial charge on any atom is -0.488 e. The first-order chi connectivity index (χ1) is 21.0. The number of hydrogen-bond donors (Lipinski definition) is 2. The van der Waals surface area contributed by atoms with Crippen molar-refractivity contribution in [3.8, 4) is 5.75 Å². The van der Waals surface area contributed by atoms with Gasteiger partial charge in [0.1, 0.15) is 16.1 Å². The molecule has 12 heteroatoms. The van der Waals surface area contributed by atoms with Crippen LogP contribution in [0.25, 0.3) is 10.9 Å². The van der Waals surface area contributed by atoms with Crippen LogP contribution in [0.5, 0.6) is 5.75 Å². The molecule has 0 saturated carbocycles. The number of rotatable bonds is 9. The van der Waals surface area contributed by atoms with Crippen LogP contribution in [0.3, 0.4) is 0 Å². The molecule has 0 aliphatic carbocycles. The highest BCUT2D eigenvalue weighted by Crippen LogP contribution is 2.30. The van der Waals surface area contributed by atoms with E-state index in [2.05, 4.69) is 5.32 Å². The second-order valence-electron chi connectivity index (χ2n) is 11.4. The Balaban J connectivity index is 1.41. The molecule has 234 valence electrons. The molecule has 2 aromatic carbocycles. The summed E-state index contributed by atoms with van der Waals surface area (Å²) in [5, 5.41) is 15.6. The number of likely N-dealkylation sites (N-methyl/N-ethyl adjacent to an activating group) is 1. The standard InChI is InChI=1S/C32H38N4O6S2/c1-21-17-36(22(2)20-37)31(39)16-23-14-25(33-30(38)15-24-18-34(3)27-9-6-5-8-26(24)27)11-12-28(23)42-29(21)19-35(4)44(40,41)32-10-7-13-43-32/h5-14,18,21-22,29,37H,15-17,19-20H2,1-4H3,(H,33,38)/t21-,22+,29+/m0/s1. The monoisotopic (exact) mass is 638 g/mol. The molecule has 10 nitrogen and oxygen atoms in total. The second-order valence-corrected chi connectivity index (χ2v) is 14.7. The Labute approximate surface area is 261 Å². The van der Waals surface area contributed by atoms with Crippen LogP contribution >= 0.6 is 11.3 Å². The van der Waals surface area contributed by atoms with E-state index < -0.39 is 22.2 Å². The van der Waals surface area contributed by atoms with Crippen molar-refractivity contribution < 1.29 is 27.9 Å². The van der Waals surface area contributed by atoms with Crippen molar-refractivity contribution in [2.75, 3.05) is 32.1 Å². The molecule has 0 fully saturated rings. The summed E-state index contributed by atoms with van der Waals surface area (Å²) < 4.78 is 36.4. The number of nitrogens with zero attached hydrogens (tertiary/aromatic N) is 3. The van der Waals surface area contributed by atoms with Crippen LogP contribution in [0.1, 0.15) is 25.0 Å². The van der Waals surface area contributed by atoms with Gasteiger partial charge in [-0.25, -0.2) is 8.42 Å². The number of sulfonamides is 1. The third kappa shape index (κ3) is 6.68. The first kappa shape index (κ1) is 31.7. The molecule has 2 aromatic heterocycles. The first-order valence-electron chi connectivity index (χ1n) is 14.5. The number of aliphatic hydroxyl groups excluding tert-OH is 1. The van der Waals surface area contributed by atoms with Gasteiger partial charge in [-0.05, 0) is 48.2 Å². The van der Waals surface area contributed by atoms with Crippen molar-refractivity contribution in [2.45, 2.75) is 43.0 Å². The highest BCUT2D eigenvalue weighted by molar-refractivity contribution is 7.91. The van der Waals surface area contributed by atoms with E-state index in [4.69, 9.17) is 4.74 Å². The topological polar surface area (TPSA) is 121 Å². The predicted molar refractivity (Wildman–Crippen MR) is 171 cm³/mol. The SMILES string of the molecule is C[C@H](CO)N1C[C@H](C)[C@@H](CN(C)S(=O)(=O)c2cccs2)Oc2ccc(NC(=O)Cc3cn(C)c4ccccc34)cc2CC1=O. The molecule has 0 bridgehead atoms. The number of benzene rings is 2. The number of carbonyl (C=O) groups is 2. The molecular weight excluding hydrogens is 601 g/mol. The van der Waals surface area contributed by atoms with Crippen molar-refractivity contribution in [3.05, 3.63) is 77.3 Å². The third-order valence-electron chi connectivity index (χ3n) is 8.13. The molecule has 2 N–H and O–H groups in total. The number of thiophene rings is 1. The van der Waals surface area contributed by atoms with Gasteiger partial charge in [-0.15, -0.1) is 11.3 Å². The van der Waals surface area contributed by atoms with Gasteiger partial charge in [-0.2, -0.15) is 4.31 Å². The van der Waals surface area contributed by atoms with Crippen molar-refractivity contribution in [3.63, 3.8) is 0 Å². The quantitative estimate of drug-likeness (QED) is 0.287. The van der Waals surface area contributed by atoms with Crippen LogP contribution in [0.15, 0.2) is 70.4 Å². The molecule has 3 atom stereocenters. The number of ether oxygens (including phenoxy) is 1. The Morgan fingerprint density at radius 1 is 1.20 bits per heavy atom. The number of fused-ring (bicyclic) bond motifs is 2. The fourth-order valence-electron chi connectivity index (χ4n) is 5.59. The number of aromatic nitrogens is 1. The number of anilines is 1. The van der Waals surface area contributed by atoms with Gasteiger partial charge in [0.05, 0.1) is 32.0 Å². The first-order valence-corrected chi connectivity index (χ1v) is 16.8. The molecule has 1 aliphatic rings. The van der Waals surface area contributed by atoms with Crippen LogP contribution in [-0.2, 0) is 39.5 Å². The number of aliphatic hydroxyl groups is 1. The molecule has 2 amide bonds. The van der Waals surface area contributed by atoms with Crippen LogP contribution in [0, 0.1) is 5.92 Å². The Morgan fingerprint density at radius 2 is 1.98 bits per heavy atom. The summed E-state index contributed by atoms with van der Waals surface area (Å²) in [6, 6.07) is 15.9. The van der Waals surface area contributed by atoms with E-state index in [0.29, 0.717) is 17.0 Å². The maximum atomic E-state index is 13.5. The van der Waals surface area contributed by atoms with Crippen LogP contribution in [0.4, 0.5) is 5.69 Å². The van der Waals surface area contributed by atoms with Gasteiger partial charge in [0.2, 0.25) is 11.8 Å². The predicted octanol–water partition coefficient (Wildman–Crippen LogP) is 3.89. The molecule has 0 spiro atoms. The van der Waals surface area contributed by atoms with E-state index in [9.17, 15) is 23.1 Å². The van der Waals surface area contributed by atoms with Gasteiger partial charge >= 0.3 is 0 Å². The zero-order valence-corrected chi connectivity index (χ0v) is 26.9. The molecule has 3 heterocycles. The lowest BCUT2D eigenvalue weighted by atomic mass is 10.0.